The monoisotopic (exact) mass is 183 g/mol. The molecule has 0 fully saturated rings. The van der Waals surface area contributed by atoms with Crippen LogP contribution in [0.3, 0.4) is 0 Å². The summed E-state index contributed by atoms with van der Waals surface area (Å²) in [5, 5.41) is 12.1. The van der Waals surface area contributed by atoms with Gasteiger partial charge >= 0.3 is 5.97 Å². The van der Waals surface area contributed by atoms with E-state index < -0.39 is 5.97 Å². The number of hydrogen-bond acceptors (Lipinski definition) is 4. The maximum absolute atomic E-state index is 10.4. The van der Waals surface area contributed by atoms with Crippen LogP contribution in [-0.2, 0) is 4.84 Å². The van der Waals surface area contributed by atoms with Gasteiger partial charge in [0.15, 0.2) is 5.76 Å². The van der Waals surface area contributed by atoms with E-state index >= 15 is 0 Å². The van der Waals surface area contributed by atoms with Gasteiger partial charge in [-0.15, -0.1) is 0 Å². The highest BCUT2D eigenvalue weighted by molar-refractivity contribution is 5.97. The summed E-state index contributed by atoms with van der Waals surface area (Å²) < 4.78 is 4.95. The number of hydrogen-bond donors (Lipinski definition) is 1. The topological polar surface area (TPSA) is 72.0 Å². The Morgan fingerprint density at radius 1 is 1.54 bits per heavy atom. The quantitative estimate of drug-likeness (QED) is 0.567. The summed E-state index contributed by atoms with van der Waals surface area (Å²) in [6.07, 6.45) is 0. The van der Waals surface area contributed by atoms with Gasteiger partial charge in [0.1, 0.15) is 12.8 Å². The lowest BCUT2D eigenvalue weighted by atomic mass is 10.3. The van der Waals surface area contributed by atoms with Gasteiger partial charge in [-0.05, 0) is 19.1 Å². The average molecular weight is 183 g/mol. The van der Waals surface area contributed by atoms with Crippen molar-refractivity contribution in [2.75, 3.05) is 7.11 Å². The number of aromatic carboxylic acids is 1. The largest absolute Gasteiger partial charge is 0.475 e. The van der Waals surface area contributed by atoms with Gasteiger partial charge in [0.2, 0.25) is 5.76 Å². The van der Waals surface area contributed by atoms with Gasteiger partial charge in [0, 0.05) is 0 Å². The fourth-order valence-corrected chi connectivity index (χ4v) is 0.829. The molecule has 1 aromatic rings. The molecule has 1 aromatic heterocycles. The molecule has 1 rings (SSSR count). The van der Waals surface area contributed by atoms with Gasteiger partial charge in [-0.25, -0.2) is 4.79 Å². The van der Waals surface area contributed by atoms with Crippen LogP contribution >= 0.6 is 0 Å². The molecule has 0 atom stereocenters. The lowest BCUT2D eigenvalue weighted by molar-refractivity contribution is 0.0662. The highest BCUT2D eigenvalue weighted by Crippen LogP contribution is 2.08. The van der Waals surface area contributed by atoms with E-state index in [-0.39, 0.29) is 5.76 Å². The minimum Gasteiger partial charge on any atom is -0.475 e. The zero-order valence-electron chi connectivity index (χ0n) is 7.27. The molecule has 0 spiro atoms. The first-order valence-corrected chi connectivity index (χ1v) is 3.56. The normalized spacial score (nSPS) is 11.4. The third-order valence-corrected chi connectivity index (χ3v) is 1.40. The molecule has 0 saturated heterocycles. The smallest absolute Gasteiger partial charge is 0.371 e. The summed E-state index contributed by atoms with van der Waals surface area (Å²) in [6.45, 7) is 1.66. The first-order chi connectivity index (χ1) is 6.15. The van der Waals surface area contributed by atoms with Crippen LogP contribution in [0.25, 0.3) is 0 Å². The Kier molecular flexibility index (Phi) is 2.69. The van der Waals surface area contributed by atoms with Gasteiger partial charge in [0.25, 0.3) is 0 Å². The maximum atomic E-state index is 10.4. The summed E-state index contributed by atoms with van der Waals surface area (Å²) in [6, 6.07) is 2.90. The number of oxime groups is 1. The summed E-state index contributed by atoms with van der Waals surface area (Å²) in [7, 11) is 1.41. The van der Waals surface area contributed by atoms with Crippen LogP contribution in [0, 0.1) is 0 Å². The van der Waals surface area contributed by atoms with E-state index in [2.05, 4.69) is 9.99 Å². The van der Waals surface area contributed by atoms with Crippen molar-refractivity contribution in [3.63, 3.8) is 0 Å². The Bertz CT molecular complexity index is 340. The molecular formula is C8H9NO4. The van der Waals surface area contributed by atoms with E-state index in [1.807, 2.05) is 0 Å². The van der Waals surface area contributed by atoms with Crippen molar-refractivity contribution < 1.29 is 19.2 Å². The molecule has 5 heteroatoms. The van der Waals surface area contributed by atoms with Gasteiger partial charge in [-0.1, -0.05) is 5.16 Å². The fourth-order valence-electron chi connectivity index (χ4n) is 0.829. The van der Waals surface area contributed by atoms with E-state index in [4.69, 9.17) is 9.52 Å². The molecule has 0 amide bonds. The van der Waals surface area contributed by atoms with Crippen LogP contribution in [0.2, 0.25) is 0 Å². The standard InChI is InChI=1S/C8H9NO4/c1-5(9-12-2)6-3-4-7(13-6)8(10)11/h3-4H,1-2H3,(H,10,11)/b9-5-. The first kappa shape index (κ1) is 9.31. The van der Waals surface area contributed by atoms with Crippen molar-refractivity contribution in [3.05, 3.63) is 23.7 Å². The third kappa shape index (κ3) is 2.08. The third-order valence-electron chi connectivity index (χ3n) is 1.40. The van der Waals surface area contributed by atoms with Crippen molar-refractivity contribution in [2.45, 2.75) is 6.92 Å². The first-order valence-electron chi connectivity index (χ1n) is 3.56. The van der Waals surface area contributed by atoms with Crippen molar-refractivity contribution in [2.24, 2.45) is 5.16 Å². The lowest BCUT2D eigenvalue weighted by Crippen LogP contribution is -1.94. The second-order valence-electron chi connectivity index (χ2n) is 2.33. The molecule has 0 aliphatic carbocycles. The molecule has 0 unspecified atom stereocenters. The minimum absolute atomic E-state index is 0.111. The molecule has 0 aliphatic rings. The van der Waals surface area contributed by atoms with Crippen LogP contribution in [0.5, 0.6) is 0 Å². The predicted octanol–water partition coefficient (Wildman–Crippen LogP) is 1.35. The molecule has 13 heavy (non-hydrogen) atoms. The molecular weight excluding hydrogens is 174 g/mol. The summed E-state index contributed by atoms with van der Waals surface area (Å²) in [5.41, 5.74) is 0.495. The zero-order valence-corrected chi connectivity index (χ0v) is 7.27. The zero-order chi connectivity index (χ0) is 9.84. The van der Waals surface area contributed by atoms with Crippen LogP contribution < -0.4 is 0 Å². The molecule has 0 radical (unpaired) electrons. The van der Waals surface area contributed by atoms with Crippen molar-refractivity contribution in [3.8, 4) is 0 Å². The van der Waals surface area contributed by atoms with E-state index in [0.717, 1.165) is 0 Å². The molecule has 70 valence electrons. The SMILES string of the molecule is CO/N=C(/C)c1ccc(C(=O)O)o1. The molecule has 0 bridgehead atoms. The fraction of sp³-hybridized carbons (Fsp3) is 0.250. The van der Waals surface area contributed by atoms with Crippen molar-refractivity contribution in [1.82, 2.24) is 0 Å². The summed E-state index contributed by atoms with van der Waals surface area (Å²) >= 11 is 0. The number of carbonyl (C=O) groups is 1. The maximum Gasteiger partial charge on any atom is 0.371 e. The molecule has 5 nitrogen and oxygen atoms in total. The Hall–Kier alpha value is -1.78. The van der Waals surface area contributed by atoms with E-state index in [0.29, 0.717) is 11.5 Å². The van der Waals surface area contributed by atoms with E-state index in [1.165, 1.54) is 19.2 Å². The number of carboxylic acids is 1. The Labute approximate surface area is 74.6 Å². The number of rotatable bonds is 3. The highest BCUT2D eigenvalue weighted by atomic mass is 16.6. The van der Waals surface area contributed by atoms with Crippen LogP contribution in [-0.4, -0.2) is 23.9 Å². The molecule has 1 N–H and O–H groups in total. The second-order valence-corrected chi connectivity index (χ2v) is 2.33. The van der Waals surface area contributed by atoms with Gasteiger partial charge in [-0.2, -0.15) is 0 Å². The van der Waals surface area contributed by atoms with E-state index in [9.17, 15) is 4.79 Å². The lowest BCUT2D eigenvalue weighted by Gasteiger charge is -1.92. The average Bonchev–Trinajstić information content (AvgIpc) is 2.52. The van der Waals surface area contributed by atoms with Crippen molar-refractivity contribution >= 4 is 11.7 Å². The highest BCUT2D eigenvalue weighted by Gasteiger charge is 2.10. The van der Waals surface area contributed by atoms with Crippen molar-refractivity contribution in [1.29, 1.82) is 0 Å². The number of furan rings is 1. The van der Waals surface area contributed by atoms with Gasteiger partial charge in [0.05, 0.1) is 0 Å². The summed E-state index contributed by atoms with van der Waals surface area (Å²) in [4.78, 5) is 14.9. The predicted molar refractivity (Wildman–Crippen MR) is 44.9 cm³/mol. The van der Waals surface area contributed by atoms with Gasteiger partial charge < -0.3 is 14.4 Å². The van der Waals surface area contributed by atoms with Crippen LogP contribution in [0.1, 0.15) is 23.2 Å². The Balaban J connectivity index is 2.92. The molecule has 0 aromatic carbocycles. The molecule has 0 saturated carbocycles. The number of nitrogens with zero attached hydrogens (tertiary/aromatic N) is 1. The summed E-state index contributed by atoms with van der Waals surface area (Å²) in [5.74, 6) is -0.823. The number of carboxylic acid groups (broad SMARTS) is 1. The Morgan fingerprint density at radius 3 is 2.62 bits per heavy atom. The van der Waals surface area contributed by atoms with Crippen LogP contribution in [0.4, 0.5) is 0 Å². The second kappa shape index (κ2) is 3.75. The van der Waals surface area contributed by atoms with E-state index in [1.54, 1.807) is 6.92 Å². The van der Waals surface area contributed by atoms with Crippen LogP contribution in [0.15, 0.2) is 21.7 Å². The Morgan fingerprint density at radius 2 is 2.15 bits per heavy atom. The molecule has 1 heterocycles. The molecule has 0 aliphatic heterocycles. The minimum atomic E-state index is -1.10. The van der Waals surface area contributed by atoms with Gasteiger partial charge in [-0.3, -0.25) is 0 Å².